The predicted molar refractivity (Wildman–Crippen MR) is 73.3 cm³/mol. The Kier molecular flexibility index (Phi) is 3.35. The van der Waals surface area contributed by atoms with Gasteiger partial charge in [0.15, 0.2) is 0 Å². The Morgan fingerprint density at radius 3 is 2.53 bits per heavy atom. The average molecular weight is 294 g/mol. The van der Waals surface area contributed by atoms with Crippen LogP contribution in [0, 0.1) is 0 Å². The SMILES string of the molecule is CC(C)(CN)c1nn(-c2ccccc2)cc1Br. The summed E-state index contributed by atoms with van der Waals surface area (Å²) in [4.78, 5) is 0. The lowest BCUT2D eigenvalue weighted by atomic mass is 9.90. The zero-order chi connectivity index (χ0) is 12.5. The maximum absolute atomic E-state index is 5.79. The second-order valence-electron chi connectivity index (χ2n) is 4.69. The number of hydrogen-bond acceptors (Lipinski definition) is 2. The molecule has 0 saturated heterocycles. The number of benzene rings is 1. The third-order valence-corrected chi connectivity index (χ3v) is 3.42. The van der Waals surface area contributed by atoms with E-state index in [-0.39, 0.29) is 5.41 Å². The monoisotopic (exact) mass is 293 g/mol. The largest absolute Gasteiger partial charge is 0.330 e. The van der Waals surface area contributed by atoms with Crippen LogP contribution in [0.25, 0.3) is 5.69 Å². The first-order valence-electron chi connectivity index (χ1n) is 5.56. The van der Waals surface area contributed by atoms with Crippen molar-refractivity contribution < 1.29 is 0 Å². The van der Waals surface area contributed by atoms with Crippen LogP contribution in [0.1, 0.15) is 19.5 Å². The molecule has 0 aliphatic carbocycles. The number of aromatic nitrogens is 2. The van der Waals surface area contributed by atoms with E-state index in [1.807, 2.05) is 41.2 Å². The molecule has 3 nitrogen and oxygen atoms in total. The summed E-state index contributed by atoms with van der Waals surface area (Å²) in [5.74, 6) is 0. The molecule has 0 unspecified atom stereocenters. The van der Waals surface area contributed by atoms with Crippen LogP contribution in [0.3, 0.4) is 0 Å². The maximum Gasteiger partial charge on any atom is 0.0839 e. The van der Waals surface area contributed by atoms with Gasteiger partial charge in [-0.05, 0) is 28.1 Å². The quantitative estimate of drug-likeness (QED) is 0.946. The van der Waals surface area contributed by atoms with E-state index >= 15 is 0 Å². The molecule has 0 aliphatic rings. The van der Waals surface area contributed by atoms with Gasteiger partial charge in [-0.1, -0.05) is 32.0 Å². The molecule has 17 heavy (non-hydrogen) atoms. The van der Waals surface area contributed by atoms with Crippen LogP contribution in [-0.4, -0.2) is 16.3 Å². The number of para-hydroxylation sites is 1. The first-order chi connectivity index (χ1) is 8.04. The number of halogens is 1. The highest BCUT2D eigenvalue weighted by Gasteiger charge is 2.25. The van der Waals surface area contributed by atoms with Crippen molar-refractivity contribution in [2.45, 2.75) is 19.3 Å². The van der Waals surface area contributed by atoms with E-state index in [0.29, 0.717) is 6.54 Å². The molecular weight excluding hydrogens is 278 g/mol. The molecular formula is C13H16BrN3. The smallest absolute Gasteiger partial charge is 0.0839 e. The van der Waals surface area contributed by atoms with Crippen LogP contribution in [0.15, 0.2) is 41.0 Å². The van der Waals surface area contributed by atoms with Gasteiger partial charge >= 0.3 is 0 Å². The van der Waals surface area contributed by atoms with E-state index < -0.39 is 0 Å². The van der Waals surface area contributed by atoms with Crippen molar-refractivity contribution >= 4 is 15.9 Å². The Morgan fingerprint density at radius 2 is 1.94 bits per heavy atom. The van der Waals surface area contributed by atoms with E-state index in [9.17, 15) is 0 Å². The van der Waals surface area contributed by atoms with E-state index in [2.05, 4.69) is 34.9 Å². The predicted octanol–water partition coefficient (Wildman–Crippen LogP) is 2.87. The minimum absolute atomic E-state index is 0.126. The summed E-state index contributed by atoms with van der Waals surface area (Å²) in [6.45, 7) is 4.75. The van der Waals surface area contributed by atoms with E-state index in [4.69, 9.17) is 5.73 Å². The van der Waals surface area contributed by atoms with Crippen LogP contribution < -0.4 is 5.73 Å². The summed E-state index contributed by atoms with van der Waals surface area (Å²) in [7, 11) is 0. The average Bonchev–Trinajstić information content (AvgIpc) is 2.73. The van der Waals surface area contributed by atoms with E-state index in [1.54, 1.807) is 0 Å². The van der Waals surface area contributed by atoms with Crippen LogP contribution in [0.2, 0.25) is 0 Å². The Morgan fingerprint density at radius 1 is 1.29 bits per heavy atom. The Hall–Kier alpha value is -1.13. The molecule has 2 rings (SSSR count). The highest BCUT2D eigenvalue weighted by molar-refractivity contribution is 9.10. The fourth-order valence-corrected chi connectivity index (χ4v) is 2.43. The molecule has 0 saturated carbocycles. The van der Waals surface area contributed by atoms with Gasteiger partial charge in [0.2, 0.25) is 0 Å². The first kappa shape index (κ1) is 12.3. The third-order valence-electron chi connectivity index (χ3n) is 2.84. The van der Waals surface area contributed by atoms with Gasteiger partial charge in [-0.2, -0.15) is 5.10 Å². The minimum Gasteiger partial charge on any atom is -0.330 e. The molecule has 0 radical (unpaired) electrons. The highest BCUT2D eigenvalue weighted by Crippen LogP contribution is 2.28. The molecule has 1 aromatic heterocycles. The molecule has 0 bridgehead atoms. The molecule has 4 heteroatoms. The van der Waals surface area contributed by atoms with Gasteiger partial charge in [-0.3, -0.25) is 0 Å². The van der Waals surface area contributed by atoms with Crippen molar-refractivity contribution in [1.29, 1.82) is 0 Å². The van der Waals surface area contributed by atoms with Crippen LogP contribution >= 0.6 is 15.9 Å². The Balaban J connectivity index is 2.45. The zero-order valence-corrected chi connectivity index (χ0v) is 11.6. The van der Waals surface area contributed by atoms with E-state index in [1.165, 1.54) is 0 Å². The summed E-state index contributed by atoms with van der Waals surface area (Å²) in [6, 6.07) is 10.0. The van der Waals surface area contributed by atoms with Gasteiger partial charge in [0, 0.05) is 18.2 Å². The van der Waals surface area contributed by atoms with Crippen LogP contribution in [0.5, 0.6) is 0 Å². The van der Waals surface area contributed by atoms with Crippen molar-refractivity contribution in [1.82, 2.24) is 9.78 Å². The summed E-state index contributed by atoms with van der Waals surface area (Å²) >= 11 is 3.55. The summed E-state index contributed by atoms with van der Waals surface area (Å²) in [5, 5.41) is 4.61. The lowest BCUT2D eigenvalue weighted by molar-refractivity contribution is 0.513. The number of nitrogens with two attached hydrogens (primary N) is 1. The second-order valence-corrected chi connectivity index (χ2v) is 5.55. The highest BCUT2D eigenvalue weighted by atomic mass is 79.9. The summed E-state index contributed by atoms with van der Waals surface area (Å²) in [5.41, 5.74) is 7.70. The summed E-state index contributed by atoms with van der Waals surface area (Å²) in [6.07, 6.45) is 1.97. The maximum atomic E-state index is 5.79. The molecule has 2 aromatic rings. The molecule has 1 aromatic carbocycles. The van der Waals surface area contributed by atoms with Crippen molar-refractivity contribution in [3.63, 3.8) is 0 Å². The molecule has 0 amide bonds. The van der Waals surface area contributed by atoms with Gasteiger partial charge in [0.1, 0.15) is 0 Å². The van der Waals surface area contributed by atoms with Crippen LogP contribution in [0.4, 0.5) is 0 Å². The fourth-order valence-electron chi connectivity index (χ4n) is 1.62. The summed E-state index contributed by atoms with van der Waals surface area (Å²) < 4.78 is 2.87. The Bertz CT molecular complexity index is 503. The number of rotatable bonds is 3. The minimum atomic E-state index is -0.126. The lowest BCUT2D eigenvalue weighted by Crippen LogP contribution is -2.29. The molecule has 2 N–H and O–H groups in total. The van der Waals surface area contributed by atoms with Crippen molar-refractivity contribution in [2.24, 2.45) is 5.73 Å². The van der Waals surface area contributed by atoms with Crippen LogP contribution in [-0.2, 0) is 5.41 Å². The first-order valence-corrected chi connectivity index (χ1v) is 6.35. The zero-order valence-electron chi connectivity index (χ0n) is 10.0. The van der Waals surface area contributed by atoms with Crippen molar-refractivity contribution in [3.8, 4) is 5.69 Å². The van der Waals surface area contributed by atoms with Gasteiger partial charge < -0.3 is 5.73 Å². The fraction of sp³-hybridized carbons (Fsp3) is 0.308. The molecule has 90 valence electrons. The number of nitrogens with zero attached hydrogens (tertiary/aromatic N) is 2. The van der Waals surface area contributed by atoms with Crippen molar-refractivity contribution in [3.05, 3.63) is 46.7 Å². The van der Waals surface area contributed by atoms with E-state index in [0.717, 1.165) is 15.9 Å². The Labute approximate surface area is 110 Å². The van der Waals surface area contributed by atoms with Crippen molar-refractivity contribution in [2.75, 3.05) is 6.54 Å². The molecule has 0 aliphatic heterocycles. The van der Waals surface area contributed by atoms with Gasteiger partial charge in [0.05, 0.1) is 15.9 Å². The topological polar surface area (TPSA) is 43.8 Å². The third kappa shape index (κ3) is 2.42. The molecule has 0 fully saturated rings. The normalized spacial score (nSPS) is 11.8. The van der Waals surface area contributed by atoms with Gasteiger partial charge in [-0.15, -0.1) is 0 Å². The van der Waals surface area contributed by atoms with Gasteiger partial charge in [0.25, 0.3) is 0 Å². The molecule has 1 heterocycles. The lowest BCUT2D eigenvalue weighted by Gasteiger charge is -2.20. The standard InChI is InChI=1S/C13H16BrN3/c1-13(2,9-15)12-11(14)8-17(16-12)10-6-4-3-5-7-10/h3-8H,9,15H2,1-2H3. The number of hydrogen-bond donors (Lipinski definition) is 1. The second kappa shape index (κ2) is 4.63. The molecule has 0 atom stereocenters. The molecule has 0 spiro atoms. The van der Waals surface area contributed by atoms with Gasteiger partial charge in [-0.25, -0.2) is 4.68 Å².